The van der Waals surface area contributed by atoms with Crippen LogP contribution in [0.15, 0.2) is 36.8 Å². The number of rotatable bonds is 7. The molecule has 3 rings (SSSR count). The van der Waals surface area contributed by atoms with Crippen molar-refractivity contribution < 1.29 is 18.0 Å². The van der Waals surface area contributed by atoms with Gasteiger partial charge in [0.1, 0.15) is 0 Å². The maximum atomic E-state index is 13.4. The molecular weight excluding hydrogens is 393 g/mol. The van der Waals surface area contributed by atoms with Gasteiger partial charge in [0.05, 0.1) is 42.0 Å². The average molecular weight is 416 g/mol. The van der Waals surface area contributed by atoms with Crippen LogP contribution in [-0.2, 0) is 17.5 Å². The molecule has 0 amide bonds. The summed E-state index contributed by atoms with van der Waals surface area (Å²) in [6, 6.07) is 5.47. The third-order valence-electron chi connectivity index (χ3n) is 5.42. The summed E-state index contributed by atoms with van der Waals surface area (Å²) in [5.74, 6) is 0.108. The molecule has 1 heterocycles. The van der Waals surface area contributed by atoms with Crippen LogP contribution in [0.3, 0.4) is 0 Å². The highest BCUT2D eigenvalue weighted by Crippen LogP contribution is 2.37. The average Bonchev–Trinajstić information content (AvgIpc) is 3.37. The van der Waals surface area contributed by atoms with E-state index in [0.29, 0.717) is 31.5 Å². The molecule has 0 saturated carbocycles. The van der Waals surface area contributed by atoms with Gasteiger partial charge in [-0.15, -0.1) is 0 Å². The zero-order valence-corrected chi connectivity index (χ0v) is 16.9. The minimum Gasteiger partial charge on any atom is -0.368 e. The lowest BCUT2D eigenvalue weighted by Crippen LogP contribution is -2.33. The van der Waals surface area contributed by atoms with Gasteiger partial charge in [-0.3, -0.25) is 4.79 Å². The van der Waals surface area contributed by atoms with Crippen LogP contribution in [0.2, 0.25) is 0 Å². The molecule has 1 aliphatic carbocycles. The predicted molar refractivity (Wildman–Crippen MR) is 108 cm³/mol. The van der Waals surface area contributed by atoms with Crippen molar-refractivity contribution in [3.63, 3.8) is 0 Å². The van der Waals surface area contributed by atoms with Crippen LogP contribution in [0, 0.1) is 11.3 Å². The van der Waals surface area contributed by atoms with Gasteiger partial charge in [-0.2, -0.15) is 18.4 Å². The summed E-state index contributed by atoms with van der Waals surface area (Å²) in [5, 5.41) is 9.02. The number of imidazole rings is 1. The fourth-order valence-electron chi connectivity index (χ4n) is 3.86. The number of hydrogen-bond acceptors (Lipinski definition) is 4. The van der Waals surface area contributed by atoms with Gasteiger partial charge >= 0.3 is 6.18 Å². The number of halogens is 3. The van der Waals surface area contributed by atoms with Crippen LogP contribution in [-0.4, -0.2) is 27.9 Å². The van der Waals surface area contributed by atoms with Crippen molar-refractivity contribution in [3.8, 4) is 6.07 Å². The summed E-state index contributed by atoms with van der Waals surface area (Å²) < 4.78 is 41.9. The Labute approximate surface area is 173 Å². The first-order valence-corrected chi connectivity index (χ1v) is 9.87. The van der Waals surface area contributed by atoms with Crippen LogP contribution in [0.25, 0.3) is 5.57 Å². The second-order valence-electron chi connectivity index (χ2n) is 7.25. The Bertz CT molecular complexity index is 1000. The third kappa shape index (κ3) is 4.40. The van der Waals surface area contributed by atoms with Gasteiger partial charge in [0.25, 0.3) is 0 Å². The van der Waals surface area contributed by atoms with E-state index in [1.54, 1.807) is 24.7 Å². The number of alkyl halides is 3. The van der Waals surface area contributed by atoms with E-state index in [1.165, 1.54) is 6.07 Å². The quantitative estimate of drug-likeness (QED) is 0.649. The van der Waals surface area contributed by atoms with E-state index < -0.39 is 11.7 Å². The molecule has 0 bridgehead atoms. The van der Waals surface area contributed by atoms with Crippen molar-refractivity contribution in [2.45, 2.75) is 51.9 Å². The standard InChI is InChI=1S/C22H23F3N4O/c1-3-19(30)13-28-14-27-12-21(28)15-5-7-17(9-15)29(4-2)18-8-6-16(11-26)20(10-18)22(23,24)25/h5-6,8,10,12,14,17H,3-4,7,9,13H2,1-2H3. The highest BCUT2D eigenvalue weighted by molar-refractivity contribution is 5.78. The van der Waals surface area contributed by atoms with Crippen LogP contribution >= 0.6 is 0 Å². The number of carbonyl (C=O) groups is 1. The molecule has 0 radical (unpaired) electrons. The Morgan fingerprint density at radius 2 is 2.13 bits per heavy atom. The normalized spacial score (nSPS) is 16.3. The number of Topliss-reactive ketones (excluding diaryl/α,β-unsaturated/α-hetero) is 1. The largest absolute Gasteiger partial charge is 0.417 e. The van der Waals surface area contributed by atoms with E-state index in [1.807, 2.05) is 23.3 Å². The van der Waals surface area contributed by atoms with Crippen molar-refractivity contribution in [3.05, 3.63) is 53.6 Å². The summed E-state index contributed by atoms with van der Waals surface area (Å²) in [6.45, 7) is 4.50. The topological polar surface area (TPSA) is 61.9 Å². The predicted octanol–water partition coefficient (Wildman–Crippen LogP) is 4.82. The smallest absolute Gasteiger partial charge is 0.368 e. The van der Waals surface area contributed by atoms with Gasteiger partial charge in [0.2, 0.25) is 0 Å². The number of benzene rings is 1. The molecule has 0 aliphatic heterocycles. The summed E-state index contributed by atoms with van der Waals surface area (Å²) in [5.41, 5.74) is 1.05. The van der Waals surface area contributed by atoms with E-state index in [0.717, 1.165) is 17.3 Å². The molecule has 5 nitrogen and oxygen atoms in total. The fourth-order valence-corrected chi connectivity index (χ4v) is 3.86. The molecule has 30 heavy (non-hydrogen) atoms. The van der Waals surface area contributed by atoms with Gasteiger partial charge in [-0.25, -0.2) is 4.98 Å². The first kappa shape index (κ1) is 21.6. The molecule has 158 valence electrons. The first-order chi connectivity index (χ1) is 14.3. The number of hydrogen-bond donors (Lipinski definition) is 0. The van der Waals surface area contributed by atoms with E-state index in [4.69, 9.17) is 5.26 Å². The van der Waals surface area contributed by atoms with Crippen molar-refractivity contribution in [2.24, 2.45) is 0 Å². The number of nitriles is 1. The molecule has 1 atom stereocenters. The lowest BCUT2D eigenvalue weighted by atomic mass is 10.0. The Kier molecular flexibility index (Phi) is 6.30. The minimum absolute atomic E-state index is 0.00996. The Morgan fingerprint density at radius 1 is 1.37 bits per heavy atom. The minimum atomic E-state index is -4.59. The van der Waals surface area contributed by atoms with Crippen LogP contribution in [0.1, 0.15) is 49.9 Å². The molecule has 1 aromatic carbocycles. The molecule has 0 saturated heterocycles. The maximum Gasteiger partial charge on any atom is 0.417 e. The van der Waals surface area contributed by atoms with Gasteiger partial charge in [-0.1, -0.05) is 13.0 Å². The first-order valence-electron chi connectivity index (χ1n) is 9.87. The molecule has 1 aliphatic rings. The maximum absolute atomic E-state index is 13.4. The van der Waals surface area contributed by atoms with Crippen molar-refractivity contribution in [1.29, 1.82) is 5.26 Å². The molecule has 0 spiro atoms. The summed E-state index contributed by atoms with van der Waals surface area (Å²) in [6.07, 6.45) is 2.59. The summed E-state index contributed by atoms with van der Waals surface area (Å²) in [4.78, 5) is 17.9. The molecule has 8 heteroatoms. The number of ketones is 1. The van der Waals surface area contributed by atoms with E-state index in [2.05, 4.69) is 11.1 Å². The Hall–Kier alpha value is -3.08. The molecule has 1 aromatic heterocycles. The SMILES string of the molecule is CCC(=O)Cn1cncc1C1=CCC(N(CC)c2ccc(C#N)c(C(F)(F)F)c2)C1. The van der Waals surface area contributed by atoms with Gasteiger partial charge < -0.3 is 9.47 Å². The molecule has 1 unspecified atom stereocenters. The van der Waals surface area contributed by atoms with Gasteiger partial charge in [0, 0.05) is 24.7 Å². The molecule has 2 aromatic rings. The van der Waals surface area contributed by atoms with Crippen LogP contribution < -0.4 is 4.90 Å². The molecule has 0 N–H and O–H groups in total. The number of aromatic nitrogens is 2. The Balaban J connectivity index is 1.82. The van der Waals surface area contributed by atoms with Crippen molar-refractivity contribution in [2.75, 3.05) is 11.4 Å². The van der Waals surface area contributed by atoms with Gasteiger partial charge in [-0.05, 0) is 43.5 Å². The highest BCUT2D eigenvalue weighted by atomic mass is 19.4. The highest BCUT2D eigenvalue weighted by Gasteiger charge is 2.35. The molecular formula is C22H23F3N4O. The summed E-state index contributed by atoms with van der Waals surface area (Å²) >= 11 is 0. The lowest BCUT2D eigenvalue weighted by molar-refractivity contribution is -0.137. The zero-order chi connectivity index (χ0) is 21.9. The Morgan fingerprint density at radius 3 is 2.77 bits per heavy atom. The number of carbonyl (C=O) groups excluding carboxylic acids is 1. The van der Waals surface area contributed by atoms with Crippen molar-refractivity contribution in [1.82, 2.24) is 9.55 Å². The van der Waals surface area contributed by atoms with Crippen LogP contribution in [0.4, 0.5) is 18.9 Å². The monoisotopic (exact) mass is 416 g/mol. The second-order valence-corrected chi connectivity index (χ2v) is 7.25. The zero-order valence-electron chi connectivity index (χ0n) is 16.9. The van der Waals surface area contributed by atoms with E-state index in [9.17, 15) is 18.0 Å². The van der Waals surface area contributed by atoms with E-state index in [-0.39, 0.29) is 23.9 Å². The number of nitrogens with zero attached hydrogens (tertiary/aromatic N) is 4. The van der Waals surface area contributed by atoms with Crippen molar-refractivity contribution >= 4 is 17.0 Å². The number of anilines is 1. The fraction of sp³-hybridized carbons (Fsp3) is 0.409. The molecule has 0 fully saturated rings. The lowest BCUT2D eigenvalue weighted by Gasteiger charge is -2.31. The van der Waals surface area contributed by atoms with Gasteiger partial charge in [0.15, 0.2) is 5.78 Å². The van der Waals surface area contributed by atoms with Crippen LogP contribution in [0.5, 0.6) is 0 Å². The second kappa shape index (κ2) is 8.74. The summed E-state index contributed by atoms with van der Waals surface area (Å²) in [7, 11) is 0. The van der Waals surface area contributed by atoms with E-state index >= 15 is 0 Å². The third-order valence-corrected chi connectivity index (χ3v) is 5.42.